The fourth-order valence-corrected chi connectivity index (χ4v) is 4.42. The number of hydrogen-bond donors (Lipinski definition) is 0. The molecule has 0 radical (unpaired) electrons. The largest absolute Gasteiger partial charge is 0.378 e. The molecule has 3 aliphatic rings. The second-order valence-corrected chi connectivity index (χ2v) is 6.70. The van der Waals surface area contributed by atoms with E-state index in [9.17, 15) is 9.59 Å². The van der Waals surface area contributed by atoms with E-state index in [-0.39, 0.29) is 22.7 Å². The van der Waals surface area contributed by atoms with Crippen LogP contribution >= 0.6 is 11.8 Å². The van der Waals surface area contributed by atoms with Gasteiger partial charge in [0.05, 0.1) is 18.1 Å². The third-order valence-electron chi connectivity index (χ3n) is 4.05. The molecule has 2 atom stereocenters. The van der Waals surface area contributed by atoms with Gasteiger partial charge in [0.15, 0.2) is 0 Å². The van der Waals surface area contributed by atoms with Crippen molar-refractivity contribution in [3.63, 3.8) is 0 Å². The number of nitrogens with zero attached hydrogens (tertiary/aromatic N) is 2. The molecule has 0 N–H and O–H groups in total. The molecule has 0 aromatic rings. The summed E-state index contributed by atoms with van der Waals surface area (Å²) in [5, 5.41) is 0. The highest BCUT2D eigenvalue weighted by Crippen LogP contribution is 2.47. The predicted molar refractivity (Wildman–Crippen MR) is 68.1 cm³/mol. The van der Waals surface area contributed by atoms with E-state index in [0.717, 1.165) is 12.2 Å². The number of fused-ring (bicyclic) bond motifs is 1. The van der Waals surface area contributed by atoms with Crippen LogP contribution in [0.4, 0.5) is 0 Å². The van der Waals surface area contributed by atoms with Crippen LogP contribution in [0.3, 0.4) is 0 Å². The highest BCUT2D eigenvalue weighted by molar-refractivity contribution is 8.01. The molecular weight excluding hydrogens is 252 g/mol. The molecule has 2 amide bonds. The molecule has 0 saturated carbocycles. The molecule has 0 spiro atoms. The summed E-state index contributed by atoms with van der Waals surface area (Å²) in [7, 11) is 0. The lowest BCUT2D eigenvalue weighted by atomic mass is 10.2. The molecule has 18 heavy (non-hydrogen) atoms. The first-order chi connectivity index (χ1) is 8.62. The first-order valence-corrected chi connectivity index (χ1v) is 7.43. The molecule has 3 heterocycles. The molecule has 5 nitrogen and oxygen atoms in total. The molecule has 0 aromatic carbocycles. The van der Waals surface area contributed by atoms with Crippen molar-refractivity contribution in [2.24, 2.45) is 0 Å². The fourth-order valence-electron chi connectivity index (χ4n) is 3.00. The Morgan fingerprint density at radius 3 is 2.89 bits per heavy atom. The van der Waals surface area contributed by atoms with E-state index in [0.29, 0.717) is 32.7 Å². The molecule has 3 saturated heterocycles. The van der Waals surface area contributed by atoms with Crippen molar-refractivity contribution in [3.8, 4) is 0 Å². The fraction of sp³-hybridized carbons (Fsp3) is 0.833. The Morgan fingerprint density at radius 1 is 1.44 bits per heavy atom. The van der Waals surface area contributed by atoms with Gasteiger partial charge in [0.2, 0.25) is 11.8 Å². The summed E-state index contributed by atoms with van der Waals surface area (Å²) >= 11 is 1.75. The molecule has 100 valence electrons. The number of thioether (sulfide) groups is 1. The average molecular weight is 270 g/mol. The standard InChI is InChI=1S/C12H18N2O3S/c1-12-3-2-10(15)14(12)9(8-18-12)11(16)13-4-6-17-7-5-13/h9H,2-8H2,1H3. The Kier molecular flexibility index (Phi) is 3.02. The van der Waals surface area contributed by atoms with E-state index in [1.54, 1.807) is 11.8 Å². The quantitative estimate of drug-likeness (QED) is 0.687. The number of morpholine rings is 1. The zero-order chi connectivity index (χ0) is 12.8. The van der Waals surface area contributed by atoms with E-state index < -0.39 is 0 Å². The van der Waals surface area contributed by atoms with Crippen LogP contribution in [0.5, 0.6) is 0 Å². The second-order valence-electron chi connectivity index (χ2n) is 5.20. The van der Waals surface area contributed by atoms with Crippen LogP contribution < -0.4 is 0 Å². The van der Waals surface area contributed by atoms with Crippen molar-refractivity contribution in [2.75, 3.05) is 32.1 Å². The number of ether oxygens (including phenoxy) is 1. The van der Waals surface area contributed by atoms with Gasteiger partial charge in [-0.3, -0.25) is 9.59 Å². The molecule has 2 unspecified atom stereocenters. The lowest BCUT2D eigenvalue weighted by Gasteiger charge is -2.34. The highest BCUT2D eigenvalue weighted by Gasteiger charge is 2.53. The lowest BCUT2D eigenvalue weighted by molar-refractivity contribution is -0.146. The average Bonchev–Trinajstić information content (AvgIpc) is 2.87. The minimum atomic E-state index is -0.256. The maximum atomic E-state index is 12.5. The third-order valence-corrected chi connectivity index (χ3v) is 5.56. The SMILES string of the molecule is CC12CCC(=O)N1C(C(=O)N1CCOCC1)CS2. The van der Waals surface area contributed by atoms with Crippen molar-refractivity contribution in [1.29, 1.82) is 0 Å². The highest BCUT2D eigenvalue weighted by atomic mass is 32.2. The summed E-state index contributed by atoms with van der Waals surface area (Å²) in [6.07, 6.45) is 1.44. The summed E-state index contributed by atoms with van der Waals surface area (Å²) in [4.78, 5) is 28.0. The summed E-state index contributed by atoms with van der Waals surface area (Å²) in [6, 6.07) is -0.256. The van der Waals surface area contributed by atoms with Gasteiger partial charge < -0.3 is 14.5 Å². The molecule has 0 aliphatic carbocycles. The van der Waals surface area contributed by atoms with E-state index in [4.69, 9.17) is 4.74 Å². The Labute approximate surface area is 111 Å². The minimum absolute atomic E-state index is 0.102. The topological polar surface area (TPSA) is 49.9 Å². The summed E-state index contributed by atoms with van der Waals surface area (Å²) < 4.78 is 5.26. The molecule has 3 rings (SSSR count). The number of hydrogen-bond acceptors (Lipinski definition) is 4. The maximum Gasteiger partial charge on any atom is 0.246 e. The van der Waals surface area contributed by atoms with Gasteiger partial charge in [-0.15, -0.1) is 11.8 Å². The number of carbonyl (C=O) groups is 2. The Morgan fingerprint density at radius 2 is 2.17 bits per heavy atom. The van der Waals surface area contributed by atoms with Crippen LogP contribution in [-0.2, 0) is 14.3 Å². The molecule has 0 bridgehead atoms. The number of rotatable bonds is 1. The molecular formula is C12H18N2O3S. The van der Waals surface area contributed by atoms with Crippen molar-refractivity contribution in [1.82, 2.24) is 9.80 Å². The molecule has 3 fully saturated rings. The molecule has 6 heteroatoms. The zero-order valence-electron chi connectivity index (χ0n) is 10.6. The lowest BCUT2D eigenvalue weighted by Crippen LogP contribution is -2.53. The van der Waals surface area contributed by atoms with Crippen molar-refractivity contribution >= 4 is 23.6 Å². The van der Waals surface area contributed by atoms with Crippen LogP contribution in [-0.4, -0.2) is 64.6 Å². The van der Waals surface area contributed by atoms with Crippen LogP contribution in [0.25, 0.3) is 0 Å². The zero-order valence-corrected chi connectivity index (χ0v) is 11.4. The number of amides is 2. The third kappa shape index (κ3) is 1.82. The minimum Gasteiger partial charge on any atom is -0.378 e. The van der Waals surface area contributed by atoms with Crippen LogP contribution in [0.2, 0.25) is 0 Å². The van der Waals surface area contributed by atoms with Crippen LogP contribution in [0, 0.1) is 0 Å². The van der Waals surface area contributed by atoms with Gasteiger partial charge in [-0.2, -0.15) is 0 Å². The van der Waals surface area contributed by atoms with E-state index in [1.165, 1.54) is 0 Å². The Hall–Kier alpha value is -0.750. The summed E-state index contributed by atoms with van der Waals surface area (Å²) in [5.74, 6) is 0.970. The Balaban J connectivity index is 1.76. The molecule has 3 aliphatic heterocycles. The monoisotopic (exact) mass is 270 g/mol. The van der Waals surface area contributed by atoms with Crippen molar-refractivity contribution in [3.05, 3.63) is 0 Å². The van der Waals surface area contributed by atoms with Crippen molar-refractivity contribution in [2.45, 2.75) is 30.7 Å². The normalized spacial score (nSPS) is 36.1. The first-order valence-electron chi connectivity index (χ1n) is 6.44. The summed E-state index contributed by atoms with van der Waals surface area (Å²) in [5.41, 5.74) is 0. The van der Waals surface area contributed by atoms with Gasteiger partial charge in [0, 0.05) is 25.3 Å². The van der Waals surface area contributed by atoms with Gasteiger partial charge >= 0.3 is 0 Å². The predicted octanol–water partition coefficient (Wildman–Crippen LogP) is 0.299. The first kappa shape index (κ1) is 12.3. The summed E-state index contributed by atoms with van der Waals surface area (Å²) in [6.45, 7) is 4.60. The van der Waals surface area contributed by atoms with Crippen LogP contribution in [0.15, 0.2) is 0 Å². The number of carbonyl (C=O) groups excluding carboxylic acids is 2. The van der Waals surface area contributed by atoms with E-state index in [2.05, 4.69) is 6.92 Å². The van der Waals surface area contributed by atoms with Gasteiger partial charge in [0.25, 0.3) is 0 Å². The second kappa shape index (κ2) is 4.42. The van der Waals surface area contributed by atoms with E-state index >= 15 is 0 Å². The van der Waals surface area contributed by atoms with Gasteiger partial charge in [-0.05, 0) is 13.3 Å². The van der Waals surface area contributed by atoms with Crippen LogP contribution in [0.1, 0.15) is 19.8 Å². The van der Waals surface area contributed by atoms with Gasteiger partial charge in [-0.25, -0.2) is 0 Å². The van der Waals surface area contributed by atoms with E-state index in [1.807, 2.05) is 9.80 Å². The smallest absolute Gasteiger partial charge is 0.246 e. The van der Waals surface area contributed by atoms with Crippen molar-refractivity contribution < 1.29 is 14.3 Å². The van der Waals surface area contributed by atoms with Gasteiger partial charge in [-0.1, -0.05) is 0 Å². The van der Waals surface area contributed by atoms with Gasteiger partial charge in [0.1, 0.15) is 6.04 Å². The maximum absolute atomic E-state index is 12.5. The Bertz CT molecular complexity index is 384. The molecule has 0 aromatic heterocycles.